The number of rotatable bonds is 6. The number of aliphatic hydroxyl groups excluding tert-OH is 1. The number of carboxylic acids is 1. The minimum atomic E-state index is -1.25. The summed E-state index contributed by atoms with van der Waals surface area (Å²) in [5, 5.41) is 23.2. The fraction of sp³-hybridized carbons (Fsp3) is 0.250. The van der Waals surface area contributed by atoms with Crippen LogP contribution in [0.15, 0.2) is 12.1 Å². The second-order valence-corrected chi connectivity index (χ2v) is 6.92. The number of nitrogens with one attached hydrogen (secondary N) is 3. The number of anilines is 1. The van der Waals surface area contributed by atoms with E-state index in [2.05, 4.69) is 15.6 Å². The van der Waals surface area contributed by atoms with E-state index in [1.807, 2.05) is 0 Å². The van der Waals surface area contributed by atoms with Crippen molar-refractivity contribution in [3.8, 4) is 0 Å². The number of H-pyrrole nitrogens is 1. The molecule has 8 nitrogen and oxygen atoms in total. The van der Waals surface area contributed by atoms with Crippen LogP contribution in [-0.2, 0) is 9.59 Å². The zero-order chi connectivity index (χ0) is 22.2. The molecule has 3 rings (SSSR count). The summed E-state index contributed by atoms with van der Waals surface area (Å²) in [6.07, 6.45) is -0.425. The van der Waals surface area contributed by atoms with E-state index in [4.69, 9.17) is 5.11 Å². The Balaban J connectivity index is 1.90. The lowest BCUT2D eigenvalue weighted by Crippen LogP contribution is -2.33. The van der Waals surface area contributed by atoms with Crippen LogP contribution in [0.25, 0.3) is 11.6 Å². The first kappa shape index (κ1) is 21.2. The third-order valence-corrected chi connectivity index (χ3v) is 4.76. The summed E-state index contributed by atoms with van der Waals surface area (Å²) < 4.78 is 27.9. The molecule has 0 saturated carbocycles. The number of hydrogen-bond donors (Lipinski definition) is 5. The number of aromatic amines is 1. The molecule has 0 saturated heterocycles. The van der Waals surface area contributed by atoms with Gasteiger partial charge in [0.1, 0.15) is 0 Å². The lowest BCUT2D eigenvalue weighted by Gasteiger charge is -2.10. The molecule has 1 aromatic carbocycles. The third kappa shape index (κ3) is 3.94. The molecule has 1 aliphatic heterocycles. The van der Waals surface area contributed by atoms with E-state index in [1.165, 1.54) is 12.1 Å². The standard InChI is InChI=1S/C20H19F2N3O5/c1-8-14(6-11-17-13(25-19(11)29)4-3-12(21)18(17)22)24-9(2)16(8)20(30)23-7-10(26)5-15(27)28/h3-4,6,10,24,26H,5,7H2,1-2H3,(H,23,30)(H,25,29)(H,27,28). The molecule has 0 aliphatic carbocycles. The van der Waals surface area contributed by atoms with Crippen LogP contribution >= 0.6 is 0 Å². The molecule has 0 bridgehead atoms. The number of fused-ring (bicyclic) bond motifs is 1. The zero-order valence-corrected chi connectivity index (χ0v) is 16.1. The van der Waals surface area contributed by atoms with Crippen molar-refractivity contribution in [1.82, 2.24) is 10.3 Å². The van der Waals surface area contributed by atoms with E-state index in [9.17, 15) is 28.3 Å². The van der Waals surface area contributed by atoms with Crippen molar-refractivity contribution in [3.63, 3.8) is 0 Å². The fourth-order valence-electron chi connectivity index (χ4n) is 3.34. The summed E-state index contributed by atoms with van der Waals surface area (Å²) in [7, 11) is 0. The average molecular weight is 419 g/mol. The maximum Gasteiger partial charge on any atom is 0.306 e. The number of amides is 2. The number of halogens is 2. The smallest absolute Gasteiger partial charge is 0.306 e. The van der Waals surface area contributed by atoms with Gasteiger partial charge in [-0.25, -0.2) is 8.78 Å². The van der Waals surface area contributed by atoms with Gasteiger partial charge >= 0.3 is 5.97 Å². The van der Waals surface area contributed by atoms with Crippen LogP contribution in [0.1, 0.15) is 39.3 Å². The van der Waals surface area contributed by atoms with Gasteiger partial charge in [-0.15, -0.1) is 0 Å². The number of aryl methyl sites for hydroxylation is 1. The van der Waals surface area contributed by atoms with Crippen molar-refractivity contribution < 1.29 is 33.4 Å². The predicted molar refractivity (Wildman–Crippen MR) is 104 cm³/mol. The number of carboxylic acid groups (broad SMARTS) is 1. The van der Waals surface area contributed by atoms with Crippen LogP contribution in [0.4, 0.5) is 14.5 Å². The number of hydrogen-bond acceptors (Lipinski definition) is 4. The SMILES string of the molecule is Cc1[nH]c(C=C2C(=O)Nc3ccc(F)c(F)c32)c(C)c1C(=O)NCC(O)CC(=O)O. The molecule has 1 atom stereocenters. The Morgan fingerprint density at radius 1 is 1.27 bits per heavy atom. The van der Waals surface area contributed by atoms with Crippen molar-refractivity contribution in [1.29, 1.82) is 0 Å². The topological polar surface area (TPSA) is 132 Å². The van der Waals surface area contributed by atoms with E-state index in [0.29, 0.717) is 17.0 Å². The Hall–Kier alpha value is -3.53. The van der Waals surface area contributed by atoms with Crippen molar-refractivity contribution in [2.75, 3.05) is 11.9 Å². The normalized spacial score (nSPS) is 15.1. The lowest BCUT2D eigenvalue weighted by atomic mass is 10.0. The molecule has 5 N–H and O–H groups in total. The van der Waals surface area contributed by atoms with Gasteiger partial charge in [-0.3, -0.25) is 14.4 Å². The van der Waals surface area contributed by atoms with Gasteiger partial charge in [-0.2, -0.15) is 0 Å². The first-order valence-electron chi connectivity index (χ1n) is 8.98. The van der Waals surface area contributed by atoms with E-state index in [0.717, 1.165) is 6.07 Å². The van der Waals surface area contributed by atoms with Crippen LogP contribution in [-0.4, -0.2) is 45.6 Å². The van der Waals surface area contributed by atoms with Gasteiger partial charge in [-0.05, 0) is 37.6 Å². The largest absolute Gasteiger partial charge is 0.481 e. The molecule has 0 spiro atoms. The quantitative estimate of drug-likeness (QED) is 0.457. The predicted octanol–water partition coefficient (Wildman–Crippen LogP) is 1.97. The highest BCUT2D eigenvalue weighted by Crippen LogP contribution is 2.36. The molecule has 2 amide bonds. The molecular formula is C20H19F2N3O5. The fourth-order valence-corrected chi connectivity index (χ4v) is 3.34. The Labute approximate surface area is 169 Å². The van der Waals surface area contributed by atoms with Gasteiger partial charge < -0.3 is 25.8 Å². The van der Waals surface area contributed by atoms with Crippen LogP contribution in [0, 0.1) is 25.5 Å². The van der Waals surface area contributed by atoms with Gasteiger partial charge in [0, 0.05) is 23.5 Å². The Bertz CT molecular complexity index is 1090. The Kier molecular flexibility index (Phi) is 5.70. The molecule has 1 aliphatic rings. The highest BCUT2D eigenvalue weighted by molar-refractivity contribution is 6.35. The maximum atomic E-state index is 14.3. The molecule has 1 aromatic heterocycles. The first-order valence-corrected chi connectivity index (χ1v) is 8.98. The molecule has 0 fully saturated rings. The first-order chi connectivity index (χ1) is 14.1. The highest BCUT2D eigenvalue weighted by atomic mass is 19.2. The minimum absolute atomic E-state index is 0.0878. The van der Waals surface area contributed by atoms with Crippen LogP contribution in [0.3, 0.4) is 0 Å². The number of benzene rings is 1. The molecular weight excluding hydrogens is 400 g/mol. The van der Waals surface area contributed by atoms with E-state index in [1.54, 1.807) is 13.8 Å². The molecule has 0 radical (unpaired) electrons. The summed E-state index contributed by atoms with van der Waals surface area (Å²) >= 11 is 0. The lowest BCUT2D eigenvalue weighted by molar-refractivity contribution is -0.139. The number of aliphatic carboxylic acids is 1. The van der Waals surface area contributed by atoms with Crippen LogP contribution in [0.2, 0.25) is 0 Å². The number of carbonyl (C=O) groups excluding carboxylic acids is 2. The van der Waals surface area contributed by atoms with Crippen molar-refractivity contribution in [3.05, 3.63) is 51.8 Å². The van der Waals surface area contributed by atoms with Gasteiger partial charge in [0.15, 0.2) is 11.6 Å². The number of carbonyl (C=O) groups is 3. The summed E-state index contributed by atoms with van der Waals surface area (Å²) in [4.78, 5) is 38.3. The highest BCUT2D eigenvalue weighted by Gasteiger charge is 2.30. The van der Waals surface area contributed by atoms with E-state index in [-0.39, 0.29) is 28.9 Å². The van der Waals surface area contributed by atoms with Gasteiger partial charge in [0.05, 0.1) is 29.3 Å². The number of aromatic nitrogens is 1. The molecule has 30 heavy (non-hydrogen) atoms. The Morgan fingerprint density at radius 2 is 1.97 bits per heavy atom. The van der Waals surface area contributed by atoms with Crippen LogP contribution in [0.5, 0.6) is 0 Å². The molecule has 158 valence electrons. The van der Waals surface area contributed by atoms with Crippen molar-refractivity contribution in [2.45, 2.75) is 26.4 Å². The third-order valence-electron chi connectivity index (χ3n) is 4.76. The Morgan fingerprint density at radius 3 is 2.63 bits per heavy atom. The van der Waals surface area contributed by atoms with Crippen molar-refractivity contribution in [2.24, 2.45) is 0 Å². The molecule has 2 aromatic rings. The summed E-state index contributed by atoms with van der Waals surface area (Å²) in [5.74, 6) is -4.59. The molecule has 1 unspecified atom stereocenters. The zero-order valence-electron chi connectivity index (χ0n) is 16.1. The second kappa shape index (κ2) is 8.07. The summed E-state index contributed by atoms with van der Waals surface area (Å²) in [5.41, 5.74) is 1.36. The summed E-state index contributed by atoms with van der Waals surface area (Å²) in [6, 6.07) is 2.18. The summed E-state index contributed by atoms with van der Waals surface area (Å²) in [6.45, 7) is 2.96. The van der Waals surface area contributed by atoms with Gasteiger partial charge in [0.2, 0.25) is 0 Å². The van der Waals surface area contributed by atoms with E-state index >= 15 is 0 Å². The number of aliphatic hydroxyl groups is 1. The van der Waals surface area contributed by atoms with Gasteiger partial charge in [-0.1, -0.05) is 0 Å². The monoisotopic (exact) mass is 419 g/mol. The molecule has 10 heteroatoms. The van der Waals surface area contributed by atoms with Crippen molar-refractivity contribution >= 4 is 35.1 Å². The second-order valence-electron chi connectivity index (χ2n) is 6.92. The minimum Gasteiger partial charge on any atom is -0.481 e. The van der Waals surface area contributed by atoms with Gasteiger partial charge in [0.25, 0.3) is 11.8 Å². The van der Waals surface area contributed by atoms with Crippen LogP contribution < -0.4 is 10.6 Å². The maximum absolute atomic E-state index is 14.3. The van der Waals surface area contributed by atoms with E-state index < -0.39 is 41.9 Å². The average Bonchev–Trinajstić information content (AvgIpc) is 3.12. The molecule has 2 heterocycles.